The van der Waals surface area contributed by atoms with E-state index in [4.69, 9.17) is 4.74 Å². The molecule has 0 radical (unpaired) electrons. The zero-order valence-electron chi connectivity index (χ0n) is 23.7. The van der Waals surface area contributed by atoms with E-state index in [-0.39, 0.29) is 23.8 Å². The van der Waals surface area contributed by atoms with Crippen LogP contribution in [0.15, 0.2) is 41.3 Å². The van der Waals surface area contributed by atoms with Crippen LogP contribution in [0.5, 0.6) is 0 Å². The summed E-state index contributed by atoms with van der Waals surface area (Å²) in [6, 6.07) is 7.01. The Hall–Kier alpha value is -2.32. The molecule has 7 nitrogen and oxygen atoms in total. The molecule has 1 spiro atoms. The van der Waals surface area contributed by atoms with Crippen molar-refractivity contribution in [3.8, 4) is 0 Å². The van der Waals surface area contributed by atoms with Crippen LogP contribution in [0.1, 0.15) is 65.7 Å². The summed E-state index contributed by atoms with van der Waals surface area (Å²) in [6.45, 7) is 7.11. The molecule has 4 aliphatic rings. The number of thioether (sulfide) groups is 1. The van der Waals surface area contributed by atoms with E-state index in [0.29, 0.717) is 24.1 Å². The first kappa shape index (κ1) is 28.2. The SMILES string of the molecule is CCCCCCN1C(=O)[C@@H]2[C@H](C(=O)Nc3cccc(SC)c3)[C@@H]3C=C[C@@]2(O3)[C@@H]1C(=O)N[C@@H]1CCC[C@@H](C)[C@H]1C. The third-order valence-electron chi connectivity index (χ3n) is 9.55. The number of rotatable bonds is 10. The Morgan fingerprint density at radius 2 is 1.97 bits per heavy atom. The number of fused-ring (bicyclic) bond motifs is 1. The van der Waals surface area contributed by atoms with Gasteiger partial charge in [0.25, 0.3) is 0 Å². The number of hydrogen-bond acceptors (Lipinski definition) is 5. The van der Waals surface area contributed by atoms with Crippen molar-refractivity contribution in [2.75, 3.05) is 18.1 Å². The van der Waals surface area contributed by atoms with Crippen molar-refractivity contribution >= 4 is 35.2 Å². The molecule has 8 heteroatoms. The Labute approximate surface area is 236 Å². The van der Waals surface area contributed by atoms with Crippen LogP contribution >= 0.6 is 11.8 Å². The molecule has 5 rings (SSSR count). The maximum atomic E-state index is 14.1. The van der Waals surface area contributed by atoms with Gasteiger partial charge in [0.2, 0.25) is 17.7 Å². The molecule has 212 valence electrons. The van der Waals surface area contributed by atoms with Gasteiger partial charge < -0.3 is 20.3 Å². The lowest BCUT2D eigenvalue weighted by atomic mass is 9.73. The number of carbonyl (C=O) groups excluding carboxylic acids is 3. The molecule has 39 heavy (non-hydrogen) atoms. The predicted molar refractivity (Wildman–Crippen MR) is 154 cm³/mol. The molecule has 8 atom stereocenters. The Kier molecular flexibility index (Phi) is 8.43. The second-order valence-electron chi connectivity index (χ2n) is 11.9. The zero-order chi connectivity index (χ0) is 27.7. The van der Waals surface area contributed by atoms with E-state index in [0.717, 1.165) is 43.4 Å². The van der Waals surface area contributed by atoms with E-state index in [1.807, 2.05) is 42.7 Å². The second kappa shape index (κ2) is 11.7. The number of nitrogens with zero attached hydrogens (tertiary/aromatic N) is 1. The van der Waals surface area contributed by atoms with Gasteiger partial charge in [-0.05, 0) is 49.1 Å². The van der Waals surface area contributed by atoms with Crippen molar-refractivity contribution in [3.05, 3.63) is 36.4 Å². The van der Waals surface area contributed by atoms with Gasteiger partial charge in [-0.15, -0.1) is 11.8 Å². The van der Waals surface area contributed by atoms with E-state index in [1.54, 1.807) is 16.7 Å². The van der Waals surface area contributed by atoms with E-state index >= 15 is 0 Å². The third-order valence-corrected chi connectivity index (χ3v) is 10.3. The normalized spacial score (nSPS) is 34.8. The van der Waals surface area contributed by atoms with Gasteiger partial charge in [0.15, 0.2) is 0 Å². The van der Waals surface area contributed by atoms with E-state index < -0.39 is 29.6 Å². The fourth-order valence-electron chi connectivity index (χ4n) is 7.19. The third kappa shape index (κ3) is 5.15. The quantitative estimate of drug-likeness (QED) is 0.241. The van der Waals surface area contributed by atoms with Crippen LogP contribution in [0.4, 0.5) is 5.69 Å². The summed E-state index contributed by atoms with van der Waals surface area (Å²) in [4.78, 5) is 44.6. The Morgan fingerprint density at radius 3 is 2.74 bits per heavy atom. The molecular weight excluding hydrogens is 510 g/mol. The minimum absolute atomic E-state index is 0.0825. The highest BCUT2D eigenvalue weighted by Gasteiger charge is 2.72. The van der Waals surface area contributed by atoms with Crippen molar-refractivity contribution in [3.63, 3.8) is 0 Å². The summed E-state index contributed by atoms with van der Waals surface area (Å²) in [5, 5.41) is 6.36. The van der Waals surface area contributed by atoms with Crippen LogP contribution < -0.4 is 10.6 Å². The van der Waals surface area contributed by atoms with Crippen molar-refractivity contribution in [1.29, 1.82) is 0 Å². The molecule has 3 aliphatic heterocycles. The summed E-state index contributed by atoms with van der Waals surface area (Å²) < 4.78 is 6.50. The van der Waals surface area contributed by atoms with E-state index in [9.17, 15) is 14.4 Å². The first-order valence-electron chi connectivity index (χ1n) is 14.7. The number of nitrogens with one attached hydrogen (secondary N) is 2. The number of benzene rings is 1. The fourth-order valence-corrected chi connectivity index (χ4v) is 7.65. The van der Waals surface area contributed by atoms with Crippen LogP contribution in [-0.4, -0.2) is 59.2 Å². The van der Waals surface area contributed by atoms with Gasteiger partial charge in [-0.1, -0.05) is 71.1 Å². The maximum Gasteiger partial charge on any atom is 0.246 e. The fraction of sp³-hybridized carbons (Fsp3) is 0.645. The molecule has 1 aliphatic carbocycles. The van der Waals surface area contributed by atoms with Gasteiger partial charge in [0.1, 0.15) is 11.6 Å². The number of likely N-dealkylation sites (tertiary alicyclic amines) is 1. The molecule has 3 fully saturated rings. The average Bonchev–Trinajstić information content (AvgIpc) is 3.56. The van der Waals surface area contributed by atoms with E-state index in [2.05, 4.69) is 31.4 Å². The number of amides is 3. The number of hydrogen-bond donors (Lipinski definition) is 2. The minimum Gasteiger partial charge on any atom is -0.359 e. The van der Waals surface area contributed by atoms with Gasteiger partial charge >= 0.3 is 0 Å². The van der Waals surface area contributed by atoms with Crippen molar-refractivity contribution in [1.82, 2.24) is 10.2 Å². The number of ether oxygens (including phenoxy) is 1. The predicted octanol–water partition coefficient (Wildman–Crippen LogP) is 5.02. The van der Waals surface area contributed by atoms with Crippen LogP contribution in [-0.2, 0) is 19.1 Å². The summed E-state index contributed by atoms with van der Waals surface area (Å²) >= 11 is 1.61. The highest BCUT2D eigenvalue weighted by atomic mass is 32.2. The molecule has 0 aromatic heterocycles. The standard InChI is InChI=1S/C31H43N3O4S/c1-5-6-7-8-17-34-27(29(36)33-23-14-9-11-19(2)20(23)3)31-16-15-24(38-31)25(26(31)30(34)37)28(35)32-21-12-10-13-22(18-21)39-4/h10,12-13,15-16,18-20,23-27H,5-9,11,14,17H2,1-4H3,(H,32,35)(H,33,36)/t19-,20-,23-,24+,25-,26+,27+,31+/m1/s1. The van der Waals surface area contributed by atoms with Gasteiger partial charge in [0.05, 0.1) is 17.9 Å². The number of anilines is 1. The van der Waals surface area contributed by atoms with Crippen molar-refractivity contribution < 1.29 is 19.1 Å². The highest BCUT2D eigenvalue weighted by molar-refractivity contribution is 7.98. The topological polar surface area (TPSA) is 87.7 Å². The van der Waals surface area contributed by atoms with Gasteiger partial charge in [-0.25, -0.2) is 0 Å². The first-order chi connectivity index (χ1) is 18.8. The number of unbranched alkanes of at least 4 members (excludes halogenated alkanes) is 3. The highest BCUT2D eigenvalue weighted by Crippen LogP contribution is 2.55. The molecule has 1 aromatic carbocycles. The smallest absolute Gasteiger partial charge is 0.246 e. The zero-order valence-corrected chi connectivity index (χ0v) is 24.5. The summed E-state index contributed by atoms with van der Waals surface area (Å²) in [5.74, 6) is -0.983. The van der Waals surface area contributed by atoms with Crippen LogP contribution in [0.25, 0.3) is 0 Å². The second-order valence-corrected chi connectivity index (χ2v) is 12.8. The lowest BCUT2D eigenvalue weighted by molar-refractivity contribution is -0.141. The lowest BCUT2D eigenvalue weighted by Crippen LogP contribution is -2.58. The summed E-state index contributed by atoms with van der Waals surface area (Å²) in [7, 11) is 0. The monoisotopic (exact) mass is 553 g/mol. The number of carbonyl (C=O) groups is 3. The van der Waals surface area contributed by atoms with Crippen LogP contribution in [0.2, 0.25) is 0 Å². The average molecular weight is 554 g/mol. The minimum atomic E-state index is -1.11. The van der Waals surface area contributed by atoms with Crippen LogP contribution in [0, 0.1) is 23.7 Å². The molecule has 3 amide bonds. The van der Waals surface area contributed by atoms with Gasteiger partial charge in [-0.2, -0.15) is 0 Å². The summed E-state index contributed by atoms with van der Waals surface area (Å²) in [5.41, 5.74) is -0.410. The van der Waals surface area contributed by atoms with Gasteiger partial charge in [0, 0.05) is 23.2 Å². The molecule has 2 N–H and O–H groups in total. The summed E-state index contributed by atoms with van der Waals surface area (Å²) in [6.07, 6.45) is 12.5. The van der Waals surface area contributed by atoms with E-state index in [1.165, 1.54) is 6.42 Å². The van der Waals surface area contributed by atoms with Crippen molar-refractivity contribution in [2.24, 2.45) is 23.7 Å². The van der Waals surface area contributed by atoms with Crippen molar-refractivity contribution in [2.45, 2.75) is 94.4 Å². The Bertz CT molecular complexity index is 1120. The molecule has 2 saturated heterocycles. The largest absolute Gasteiger partial charge is 0.359 e. The Balaban J connectivity index is 1.41. The Morgan fingerprint density at radius 1 is 1.15 bits per heavy atom. The lowest BCUT2D eigenvalue weighted by Gasteiger charge is -2.38. The maximum absolute atomic E-state index is 14.1. The van der Waals surface area contributed by atoms with Crippen LogP contribution in [0.3, 0.4) is 0 Å². The molecule has 1 aromatic rings. The van der Waals surface area contributed by atoms with Gasteiger partial charge in [-0.3, -0.25) is 14.4 Å². The molecule has 3 heterocycles. The molecule has 1 saturated carbocycles. The first-order valence-corrected chi connectivity index (χ1v) is 16.0. The molecule has 2 bridgehead atoms. The molecular formula is C31H43N3O4S. The molecule has 0 unspecified atom stereocenters.